The van der Waals surface area contributed by atoms with E-state index in [4.69, 9.17) is 4.98 Å². The van der Waals surface area contributed by atoms with E-state index in [1.165, 1.54) is 59.6 Å². The topological polar surface area (TPSA) is 16.1 Å². The van der Waals surface area contributed by atoms with Crippen molar-refractivity contribution in [1.29, 1.82) is 0 Å². The van der Waals surface area contributed by atoms with E-state index in [9.17, 15) is 0 Å². The van der Waals surface area contributed by atoms with Crippen LogP contribution in [0.15, 0.2) is 170 Å². The van der Waals surface area contributed by atoms with E-state index >= 15 is 0 Å². The molecule has 1 heterocycles. The Morgan fingerprint density at radius 2 is 1.10 bits per heavy atom. The van der Waals surface area contributed by atoms with Gasteiger partial charge in [0.05, 0.1) is 15.9 Å². The zero-order valence-corrected chi connectivity index (χ0v) is 29.3. The molecule has 242 valence electrons. The Balaban J connectivity index is 1.10. The molecule has 0 fully saturated rings. The van der Waals surface area contributed by atoms with Crippen LogP contribution >= 0.6 is 11.3 Å². The Hall–Kier alpha value is -6.03. The van der Waals surface area contributed by atoms with Gasteiger partial charge in [-0.05, 0) is 80.6 Å². The van der Waals surface area contributed by atoms with Crippen LogP contribution in [-0.2, 0) is 5.41 Å². The standard InChI is InChI=1S/C48H34N2S/c1-48(2)42-21-10-9-17-38(42)40-20-11-18-35(45(40)48)31-23-25-34(26-24-31)50(33-15-7-4-8-16-33)43-22-12-19-36-37-29-30-44-46(41(37)28-27-39(36)43)49-47(51-44)32-13-5-3-6-14-32/h3-30H,1-2H3. The first-order valence-electron chi connectivity index (χ1n) is 17.6. The molecule has 0 unspecified atom stereocenters. The van der Waals surface area contributed by atoms with Crippen molar-refractivity contribution in [1.82, 2.24) is 4.98 Å². The van der Waals surface area contributed by atoms with Crippen LogP contribution in [0.1, 0.15) is 25.0 Å². The van der Waals surface area contributed by atoms with Crippen molar-refractivity contribution in [2.75, 3.05) is 4.90 Å². The maximum Gasteiger partial charge on any atom is 0.124 e. The maximum absolute atomic E-state index is 5.15. The summed E-state index contributed by atoms with van der Waals surface area (Å²) in [6, 6.07) is 61.7. The maximum atomic E-state index is 5.15. The van der Waals surface area contributed by atoms with Gasteiger partial charge in [-0.15, -0.1) is 11.3 Å². The third kappa shape index (κ3) is 4.66. The second kappa shape index (κ2) is 11.5. The van der Waals surface area contributed by atoms with Crippen molar-refractivity contribution in [2.45, 2.75) is 19.3 Å². The summed E-state index contributed by atoms with van der Waals surface area (Å²) in [5, 5.41) is 5.89. The predicted molar refractivity (Wildman–Crippen MR) is 218 cm³/mol. The average Bonchev–Trinajstić information content (AvgIpc) is 3.73. The van der Waals surface area contributed by atoms with E-state index in [2.05, 4.69) is 189 Å². The quantitative estimate of drug-likeness (QED) is 0.169. The summed E-state index contributed by atoms with van der Waals surface area (Å²) in [6.07, 6.45) is 0. The molecule has 0 radical (unpaired) electrons. The Morgan fingerprint density at radius 3 is 1.92 bits per heavy atom. The van der Waals surface area contributed by atoms with Gasteiger partial charge in [0.2, 0.25) is 0 Å². The van der Waals surface area contributed by atoms with Gasteiger partial charge in [0.1, 0.15) is 5.01 Å². The molecule has 0 amide bonds. The summed E-state index contributed by atoms with van der Waals surface area (Å²) in [5.41, 5.74) is 13.6. The van der Waals surface area contributed by atoms with E-state index in [1.807, 2.05) is 0 Å². The number of rotatable bonds is 5. The number of anilines is 3. The van der Waals surface area contributed by atoms with Crippen molar-refractivity contribution >= 4 is 60.2 Å². The van der Waals surface area contributed by atoms with E-state index in [0.29, 0.717) is 0 Å². The van der Waals surface area contributed by atoms with Gasteiger partial charge in [-0.3, -0.25) is 0 Å². The van der Waals surface area contributed by atoms with Crippen molar-refractivity contribution in [2.24, 2.45) is 0 Å². The molecule has 0 atom stereocenters. The highest BCUT2D eigenvalue weighted by Crippen LogP contribution is 2.52. The van der Waals surface area contributed by atoms with Gasteiger partial charge in [-0.25, -0.2) is 4.98 Å². The fraction of sp³-hybridized carbons (Fsp3) is 0.0625. The Morgan fingerprint density at radius 1 is 0.471 bits per heavy atom. The van der Waals surface area contributed by atoms with Crippen LogP contribution in [0.3, 0.4) is 0 Å². The minimum Gasteiger partial charge on any atom is -0.310 e. The van der Waals surface area contributed by atoms with Crippen LogP contribution < -0.4 is 4.90 Å². The number of aromatic nitrogens is 1. The molecule has 3 heteroatoms. The molecular weight excluding hydrogens is 637 g/mol. The molecule has 9 aromatic rings. The van der Waals surface area contributed by atoms with Crippen LogP contribution in [0.2, 0.25) is 0 Å². The number of hydrogen-bond acceptors (Lipinski definition) is 3. The van der Waals surface area contributed by atoms with E-state index < -0.39 is 0 Å². The van der Waals surface area contributed by atoms with Crippen LogP contribution in [0.4, 0.5) is 17.1 Å². The number of hydrogen-bond donors (Lipinski definition) is 0. The molecule has 51 heavy (non-hydrogen) atoms. The summed E-state index contributed by atoms with van der Waals surface area (Å²) in [6.45, 7) is 4.72. The van der Waals surface area contributed by atoms with Crippen LogP contribution in [-0.4, -0.2) is 4.98 Å². The molecule has 8 aromatic carbocycles. The molecule has 1 aliphatic carbocycles. The van der Waals surface area contributed by atoms with Crippen molar-refractivity contribution in [3.63, 3.8) is 0 Å². The smallest absolute Gasteiger partial charge is 0.124 e. The average molecular weight is 671 g/mol. The molecule has 0 saturated carbocycles. The lowest BCUT2D eigenvalue weighted by Crippen LogP contribution is -2.16. The summed E-state index contributed by atoms with van der Waals surface area (Å²) in [4.78, 5) is 7.55. The molecule has 10 rings (SSSR count). The molecule has 2 nitrogen and oxygen atoms in total. The third-order valence-corrected chi connectivity index (χ3v) is 11.8. The zero-order valence-electron chi connectivity index (χ0n) is 28.5. The molecule has 0 aliphatic heterocycles. The number of fused-ring (bicyclic) bond motifs is 8. The molecular formula is C48H34N2S. The lowest BCUT2D eigenvalue weighted by molar-refractivity contribution is 0.662. The third-order valence-electron chi connectivity index (χ3n) is 10.7. The predicted octanol–water partition coefficient (Wildman–Crippen LogP) is 13.7. The lowest BCUT2D eigenvalue weighted by Gasteiger charge is -2.28. The van der Waals surface area contributed by atoms with Crippen LogP contribution in [0.25, 0.3) is 64.6 Å². The van der Waals surface area contributed by atoms with Crippen LogP contribution in [0, 0.1) is 0 Å². The normalized spacial score (nSPS) is 13.1. The monoisotopic (exact) mass is 670 g/mol. The van der Waals surface area contributed by atoms with Crippen molar-refractivity contribution in [3.05, 3.63) is 181 Å². The van der Waals surface area contributed by atoms with E-state index in [0.717, 1.165) is 33.1 Å². The van der Waals surface area contributed by atoms with Crippen molar-refractivity contribution < 1.29 is 0 Å². The first-order chi connectivity index (χ1) is 25.1. The number of nitrogens with zero attached hydrogens (tertiary/aromatic N) is 2. The zero-order chi connectivity index (χ0) is 34.1. The second-order valence-electron chi connectivity index (χ2n) is 13.9. The Bertz CT molecular complexity index is 2760. The highest BCUT2D eigenvalue weighted by atomic mass is 32.1. The summed E-state index contributed by atoms with van der Waals surface area (Å²) in [7, 11) is 0. The molecule has 0 bridgehead atoms. The minimum atomic E-state index is -0.0732. The Kier molecular flexibility index (Phi) is 6.74. The highest BCUT2D eigenvalue weighted by Gasteiger charge is 2.37. The van der Waals surface area contributed by atoms with Gasteiger partial charge in [0, 0.05) is 33.1 Å². The van der Waals surface area contributed by atoms with E-state index in [1.54, 1.807) is 11.3 Å². The SMILES string of the molecule is CC1(C)c2ccccc2-c2cccc(-c3ccc(N(c4ccccc4)c4cccc5c4ccc4c5ccc5sc(-c6ccccc6)nc54)cc3)c21. The Labute approximate surface area is 301 Å². The fourth-order valence-corrected chi connectivity index (χ4v) is 9.32. The summed E-state index contributed by atoms with van der Waals surface area (Å²) in [5.74, 6) is 0. The molecule has 1 aromatic heterocycles. The van der Waals surface area contributed by atoms with Gasteiger partial charge in [-0.2, -0.15) is 0 Å². The first-order valence-corrected chi connectivity index (χ1v) is 18.4. The summed E-state index contributed by atoms with van der Waals surface area (Å²) < 4.78 is 1.21. The van der Waals surface area contributed by atoms with Crippen LogP contribution in [0.5, 0.6) is 0 Å². The molecule has 0 spiro atoms. The highest BCUT2D eigenvalue weighted by molar-refractivity contribution is 7.21. The van der Waals surface area contributed by atoms with Crippen molar-refractivity contribution in [3.8, 4) is 32.8 Å². The lowest BCUT2D eigenvalue weighted by atomic mass is 9.79. The fourth-order valence-electron chi connectivity index (χ4n) is 8.33. The van der Waals surface area contributed by atoms with Gasteiger partial charge in [0.25, 0.3) is 0 Å². The van der Waals surface area contributed by atoms with E-state index in [-0.39, 0.29) is 5.41 Å². The van der Waals surface area contributed by atoms with Gasteiger partial charge in [-0.1, -0.05) is 147 Å². The largest absolute Gasteiger partial charge is 0.310 e. The van der Waals surface area contributed by atoms with Gasteiger partial charge >= 0.3 is 0 Å². The number of thiazole rings is 1. The first kappa shape index (κ1) is 29.8. The minimum absolute atomic E-state index is 0.0732. The molecule has 0 N–H and O–H groups in total. The van der Waals surface area contributed by atoms with Gasteiger partial charge in [0.15, 0.2) is 0 Å². The summed E-state index contributed by atoms with van der Waals surface area (Å²) >= 11 is 1.76. The van der Waals surface area contributed by atoms with Gasteiger partial charge < -0.3 is 4.90 Å². The number of para-hydroxylation sites is 1. The molecule has 0 saturated heterocycles. The second-order valence-corrected chi connectivity index (χ2v) is 15.0. The number of benzene rings is 8. The molecule has 1 aliphatic rings.